The monoisotopic (exact) mass is 106 g/mol. The van der Waals surface area contributed by atoms with E-state index in [0.29, 0.717) is 5.92 Å². The van der Waals surface area contributed by atoms with E-state index in [1.165, 1.54) is 0 Å². The molecule has 0 unspecified atom stereocenters. The first-order valence-corrected chi connectivity index (χ1v) is 2.80. The van der Waals surface area contributed by atoms with E-state index in [1.54, 1.807) is 0 Å². The summed E-state index contributed by atoms with van der Waals surface area (Å²) in [5, 5.41) is 0. The van der Waals surface area contributed by atoms with Crippen LogP contribution in [0.5, 0.6) is 0 Å². The molecule has 0 aromatic carbocycles. The normalized spacial score (nSPS) is 11.2. The summed E-state index contributed by atoms with van der Waals surface area (Å²) in [6.07, 6.45) is 0. The van der Waals surface area contributed by atoms with E-state index in [9.17, 15) is 0 Å². The zero-order valence-corrected chi connectivity index (χ0v) is 6.78. The fourth-order valence-corrected chi connectivity index (χ4v) is 0. The maximum Gasteiger partial charge on any atom is 1.00 e. The molecule has 0 heterocycles. The topological polar surface area (TPSA) is 0 Å². The molecule has 0 rings (SSSR count). The molecule has 0 nitrogen and oxygen atoms in total. The zero-order valence-electron chi connectivity index (χ0n) is 6.78. The fourth-order valence-electron chi connectivity index (χ4n) is 0. The maximum absolute atomic E-state index is 3.97. The third kappa shape index (κ3) is 4.75. The summed E-state index contributed by atoms with van der Waals surface area (Å²) in [5.74, 6) is 0.687. The summed E-state index contributed by atoms with van der Waals surface area (Å²) in [5.41, 5.74) is 0.250. The van der Waals surface area contributed by atoms with Gasteiger partial charge in [-0.3, -0.25) is 0 Å². The van der Waals surface area contributed by atoms with Crippen molar-refractivity contribution in [2.45, 2.75) is 27.7 Å². The molecular formula is C7H15Li. The molecule has 0 saturated heterocycles. The Bertz CT molecular complexity index is 49.9. The van der Waals surface area contributed by atoms with E-state index in [-0.39, 0.29) is 24.3 Å². The van der Waals surface area contributed by atoms with E-state index in [2.05, 4.69) is 34.6 Å². The second-order valence-corrected chi connectivity index (χ2v) is 3.14. The minimum atomic E-state index is 0. The Morgan fingerprint density at radius 3 is 1.38 bits per heavy atom. The smallest absolute Gasteiger partial charge is 0.337 e. The average Bonchev–Trinajstić information content (AvgIpc) is 1.31. The fraction of sp³-hybridized carbons (Fsp3) is 0.857. The van der Waals surface area contributed by atoms with Crippen LogP contribution in [0.3, 0.4) is 0 Å². The van der Waals surface area contributed by atoms with Crippen LogP contribution >= 0.6 is 0 Å². The van der Waals surface area contributed by atoms with E-state index in [4.69, 9.17) is 0 Å². The Balaban J connectivity index is 0. The van der Waals surface area contributed by atoms with Crippen LogP contribution in [0.2, 0.25) is 0 Å². The SMILES string of the molecule is [CH2-]C(C)(C)C(C)C.[Li+]. The van der Waals surface area contributed by atoms with Crippen molar-refractivity contribution in [1.82, 2.24) is 0 Å². The molecule has 0 N–H and O–H groups in total. The van der Waals surface area contributed by atoms with Crippen molar-refractivity contribution in [3.05, 3.63) is 6.92 Å². The molecular weight excluding hydrogens is 91.0 g/mol. The quantitative estimate of drug-likeness (QED) is 0.312. The minimum Gasteiger partial charge on any atom is -0.337 e. The molecule has 0 aliphatic carbocycles. The first-order valence-electron chi connectivity index (χ1n) is 2.80. The van der Waals surface area contributed by atoms with Gasteiger partial charge in [0.05, 0.1) is 0 Å². The van der Waals surface area contributed by atoms with E-state index in [1.807, 2.05) is 0 Å². The molecule has 0 aliphatic rings. The molecule has 0 aromatic heterocycles. The van der Waals surface area contributed by atoms with Gasteiger partial charge in [-0.1, -0.05) is 33.6 Å². The molecule has 0 atom stereocenters. The van der Waals surface area contributed by atoms with Crippen molar-refractivity contribution >= 4 is 0 Å². The Morgan fingerprint density at radius 1 is 1.25 bits per heavy atom. The summed E-state index contributed by atoms with van der Waals surface area (Å²) < 4.78 is 0. The van der Waals surface area contributed by atoms with Gasteiger partial charge in [-0.25, -0.2) is 0 Å². The first-order chi connectivity index (χ1) is 2.94. The van der Waals surface area contributed by atoms with Crippen LogP contribution in [0.1, 0.15) is 27.7 Å². The Hall–Kier alpha value is 0.597. The van der Waals surface area contributed by atoms with Gasteiger partial charge in [0, 0.05) is 0 Å². The predicted octanol–water partition coefficient (Wildman–Crippen LogP) is -0.493. The summed E-state index contributed by atoms with van der Waals surface area (Å²) >= 11 is 0. The van der Waals surface area contributed by atoms with Gasteiger partial charge in [0.2, 0.25) is 0 Å². The van der Waals surface area contributed by atoms with Crippen LogP contribution < -0.4 is 18.9 Å². The van der Waals surface area contributed by atoms with Crippen LogP contribution in [0.25, 0.3) is 0 Å². The third-order valence-electron chi connectivity index (χ3n) is 1.56. The van der Waals surface area contributed by atoms with Crippen LogP contribution in [-0.2, 0) is 0 Å². The summed E-state index contributed by atoms with van der Waals surface area (Å²) in [7, 11) is 0. The molecule has 0 aliphatic heterocycles. The molecule has 0 fully saturated rings. The predicted molar refractivity (Wildman–Crippen MR) is 34.0 cm³/mol. The molecule has 0 saturated carbocycles. The molecule has 0 amide bonds. The van der Waals surface area contributed by atoms with Crippen molar-refractivity contribution < 1.29 is 18.9 Å². The Kier molecular flexibility index (Phi) is 5.12. The van der Waals surface area contributed by atoms with Crippen molar-refractivity contribution in [3.8, 4) is 0 Å². The summed E-state index contributed by atoms with van der Waals surface area (Å²) in [6.45, 7) is 12.6. The molecule has 0 radical (unpaired) electrons. The number of hydrogen-bond acceptors (Lipinski definition) is 0. The van der Waals surface area contributed by atoms with Gasteiger partial charge in [-0.15, -0.1) is 0 Å². The van der Waals surface area contributed by atoms with Gasteiger partial charge in [0.15, 0.2) is 0 Å². The first kappa shape index (κ1) is 11.4. The largest absolute Gasteiger partial charge is 1.00 e. The zero-order chi connectivity index (χ0) is 6.08. The molecule has 0 aromatic rings. The number of rotatable bonds is 1. The Morgan fingerprint density at radius 2 is 1.38 bits per heavy atom. The second kappa shape index (κ2) is 3.59. The van der Waals surface area contributed by atoms with Gasteiger partial charge in [0.1, 0.15) is 0 Å². The molecule has 8 heavy (non-hydrogen) atoms. The van der Waals surface area contributed by atoms with Gasteiger partial charge >= 0.3 is 18.9 Å². The molecule has 0 spiro atoms. The molecule has 44 valence electrons. The second-order valence-electron chi connectivity index (χ2n) is 3.14. The van der Waals surface area contributed by atoms with Gasteiger partial charge in [-0.05, 0) is 0 Å². The standard InChI is InChI=1S/C7H15.Li/c1-6(2)7(3,4)5;/h6H,3H2,1-2,4-5H3;/q-1;+1. The average molecular weight is 106 g/mol. The van der Waals surface area contributed by atoms with E-state index >= 15 is 0 Å². The van der Waals surface area contributed by atoms with E-state index in [0.717, 1.165) is 0 Å². The van der Waals surface area contributed by atoms with Gasteiger partial charge < -0.3 is 6.92 Å². The number of hydrogen-bond donors (Lipinski definition) is 0. The van der Waals surface area contributed by atoms with Crippen LogP contribution in [0.15, 0.2) is 0 Å². The van der Waals surface area contributed by atoms with Crippen molar-refractivity contribution in [2.24, 2.45) is 11.3 Å². The van der Waals surface area contributed by atoms with Crippen LogP contribution in [0.4, 0.5) is 0 Å². The Labute approximate surface area is 65.2 Å². The summed E-state index contributed by atoms with van der Waals surface area (Å²) in [4.78, 5) is 0. The van der Waals surface area contributed by atoms with Crippen LogP contribution in [-0.4, -0.2) is 0 Å². The van der Waals surface area contributed by atoms with Gasteiger partial charge in [0.25, 0.3) is 0 Å². The van der Waals surface area contributed by atoms with Gasteiger partial charge in [-0.2, -0.15) is 5.41 Å². The summed E-state index contributed by atoms with van der Waals surface area (Å²) in [6, 6.07) is 0. The van der Waals surface area contributed by atoms with Crippen LogP contribution in [0, 0.1) is 18.3 Å². The van der Waals surface area contributed by atoms with Crippen molar-refractivity contribution in [2.75, 3.05) is 0 Å². The maximum atomic E-state index is 3.97. The minimum absolute atomic E-state index is 0. The van der Waals surface area contributed by atoms with Crippen molar-refractivity contribution in [3.63, 3.8) is 0 Å². The third-order valence-corrected chi connectivity index (χ3v) is 1.56. The molecule has 0 bridgehead atoms. The van der Waals surface area contributed by atoms with Crippen molar-refractivity contribution in [1.29, 1.82) is 0 Å². The van der Waals surface area contributed by atoms with E-state index < -0.39 is 0 Å². The molecule has 1 heteroatoms.